The highest BCUT2D eigenvalue weighted by atomic mass is 32.1. The molecule has 8 heteroatoms. The number of thiazole rings is 1. The summed E-state index contributed by atoms with van der Waals surface area (Å²) < 4.78 is 52.3. The number of hydrogen-bond acceptors (Lipinski definition) is 3. The highest BCUT2D eigenvalue weighted by Crippen LogP contribution is 2.34. The molecular formula is C27H22F4N2OS. The van der Waals surface area contributed by atoms with Gasteiger partial charge in [0, 0.05) is 23.1 Å². The summed E-state index contributed by atoms with van der Waals surface area (Å²) in [6, 6.07) is 17.6. The second-order valence-electron chi connectivity index (χ2n) is 7.95. The minimum Gasteiger partial charge on any atom is -0.284 e. The second kappa shape index (κ2) is 10.4. The van der Waals surface area contributed by atoms with E-state index in [4.69, 9.17) is 0 Å². The summed E-state index contributed by atoms with van der Waals surface area (Å²) in [6.45, 7) is 2.46. The maximum absolute atomic E-state index is 13.7. The van der Waals surface area contributed by atoms with E-state index in [1.165, 1.54) is 35.6 Å². The lowest BCUT2D eigenvalue weighted by Crippen LogP contribution is -2.32. The lowest BCUT2D eigenvalue weighted by atomic mass is 9.97. The maximum atomic E-state index is 13.7. The number of aromatic nitrogens is 1. The van der Waals surface area contributed by atoms with Crippen molar-refractivity contribution in [3.63, 3.8) is 0 Å². The molecule has 0 saturated heterocycles. The Kier molecular flexibility index (Phi) is 7.31. The van der Waals surface area contributed by atoms with E-state index in [0.29, 0.717) is 34.1 Å². The van der Waals surface area contributed by atoms with Crippen molar-refractivity contribution in [2.24, 2.45) is 0 Å². The third-order valence-electron chi connectivity index (χ3n) is 5.52. The van der Waals surface area contributed by atoms with Gasteiger partial charge in [-0.2, -0.15) is 13.2 Å². The zero-order valence-electron chi connectivity index (χ0n) is 18.8. The normalized spacial score (nSPS) is 11.5. The number of rotatable bonds is 7. The largest absolute Gasteiger partial charge is 0.416 e. The molecule has 4 aromatic rings. The highest BCUT2D eigenvalue weighted by Gasteiger charge is 2.30. The summed E-state index contributed by atoms with van der Waals surface area (Å²) in [7, 11) is 0. The van der Waals surface area contributed by atoms with Crippen molar-refractivity contribution < 1.29 is 22.4 Å². The van der Waals surface area contributed by atoms with Gasteiger partial charge in [-0.3, -0.25) is 9.69 Å². The van der Waals surface area contributed by atoms with Crippen molar-refractivity contribution in [3.05, 3.63) is 95.1 Å². The van der Waals surface area contributed by atoms with E-state index < -0.39 is 11.7 Å². The third-order valence-corrected chi connectivity index (χ3v) is 6.39. The van der Waals surface area contributed by atoms with E-state index in [1.54, 1.807) is 41.3 Å². The van der Waals surface area contributed by atoms with E-state index >= 15 is 0 Å². The molecule has 0 aliphatic rings. The predicted molar refractivity (Wildman–Crippen MR) is 131 cm³/mol. The first-order valence-corrected chi connectivity index (χ1v) is 12.0. The molecular weight excluding hydrogens is 476 g/mol. The standard InChI is InChI=1S/C27H22F4N2OS/c1-2-3-16-33(26-32-24(17-35-26)19-10-14-21(28)15-11-19)25(34)23-7-5-4-6-22(23)18-8-12-20(13-9-18)27(29,30)31/h4-15,17H,2-3,16H2,1H3. The summed E-state index contributed by atoms with van der Waals surface area (Å²) in [5.41, 5.74) is 2.07. The molecule has 0 saturated carbocycles. The molecule has 0 fully saturated rings. The minimum absolute atomic E-state index is 0.283. The molecule has 35 heavy (non-hydrogen) atoms. The maximum Gasteiger partial charge on any atom is 0.416 e. The molecule has 0 N–H and O–H groups in total. The number of anilines is 1. The van der Waals surface area contributed by atoms with Crippen LogP contribution in [-0.2, 0) is 6.18 Å². The Hall–Kier alpha value is -3.52. The lowest BCUT2D eigenvalue weighted by Gasteiger charge is -2.21. The predicted octanol–water partition coefficient (Wildman–Crippen LogP) is 8.08. The van der Waals surface area contributed by atoms with Crippen LogP contribution in [0.25, 0.3) is 22.4 Å². The summed E-state index contributed by atoms with van der Waals surface area (Å²) >= 11 is 1.31. The summed E-state index contributed by atoms with van der Waals surface area (Å²) in [5, 5.41) is 2.32. The van der Waals surface area contributed by atoms with Gasteiger partial charge in [-0.25, -0.2) is 9.37 Å². The van der Waals surface area contributed by atoms with Crippen LogP contribution in [0.1, 0.15) is 35.7 Å². The number of benzene rings is 3. The molecule has 1 aromatic heterocycles. The third kappa shape index (κ3) is 5.59. The van der Waals surface area contributed by atoms with Gasteiger partial charge in [0.2, 0.25) is 0 Å². The molecule has 1 amide bonds. The molecule has 0 bridgehead atoms. The van der Waals surface area contributed by atoms with Crippen molar-refractivity contribution in [3.8, 4) is 22.4 Å². The monoisotopic (exact) mass is 498 g/mol. The summed E-state index contributed by atoms with van der Waals surface area (Å²) in [6.07, 6.45) is -2.82. The van der Waals surface area contributed by atoms with Crippen molar-refractivity contribution in [2.75, 3.05) is 11.4 Å². The SMILES string of the molecule is CCCCN(C(=O)c1ccccc1-c1ccc(C(F)(F)F)cc1)c1nc(-c2ccc(F)cc2)cs1. The minimum atomic E-state index is -4.43. The van der Waals surface area contributed by atoms with Crippen LogP contribution in [0, 0.1) is 5.82 Å². The van der Waals surface area contributed by atoms with Gasteiger partial charge in [-0.15, -0.1) is 11.3 Å². The first kappa shape index (κ1) is 24.6. The van der Waals surface area contributed by atoms with Gasteiger partial charge in [0.25, 0.3) is 5.91 Å². The molecule has 3 nitrogen and oxygen atoms in total. The molecule has 0 spiro atoms. The smallest absolute Gasteiger partial charge is 0.284 e. The van der Waals surface area contributed by atoms with Crippen molar-refractivity contribution in [2.45, 2.75) is 25.9 Å². The van der Waals surface area contributed by atoms with Crippen LogP contribution in [0.15, 0.2) is 78.2 Å². The van der Waals surface area contributed by atoms with Crippen molar-refractivity contribution in [1.82, 2.24) is 4.98 Å². The van der Waals surface area contributed by atoms with Crippen LogP contribution in [0.5, 0.6) is 0 Å². The van der Waals surface area contributed by atoms with Crippen LogP contribution in [0.2, 0.25) is 0 Å². The van der Waals surface area contributed by atoms with Crippen molar-refractivity contribution >= 4 is 22.4 Å². The first-order valence-electron chi connectivity index (χ1n) is 11.1. The number of nitrogens with zero attached hydrogens (tertiary/aromatic N) is 2. The molecule has 0 unspecified atom stereocenters. The Morgan fingerprint density at radius 1 is 0.943 bits per heavy atom. The van der Waals surface area contributed by atoms with Gasteiger partial charge in [0.1, 0.15) is 5.82 Å². The Labute approximate surface area is 204 Å². The number of unbranched alkanes of at least 4 members (excludes halogenated alkanes) is 1. The van der Waals surface area contributed by atoms with Crippen LogP contribution in [-0.4, -0.2) is 17.4 Å². The van der Waals surface area contributed by atoms with E-state index in [9.17, 15) is 22.4 Å². The number of carbonyl (C=O) groups excluding carboxylic acids is 1. The highest BCUT2D eigenvalue weighted by molar-refractivity contribution is 7.14. The van der Waals surface area contributed by atoms with Crippen LogP contribution >= 0.6 is 11.3 Å². The number of halogens is 4. The summed E-state index contributed by atoms with van der Waals surface area (Å²) in [5.74, 6) is -0.627. The van der Waals surface area contributed by atoms with E-state index in [0.717, 1.165) is 30.5 Å². The van der Waals surface area contributed by atoms with Gasteiger partial charge in [-0.05, 0) is 60.0 Å². The van der Waals surface area contributed by atoms with Gasteiger partial charge in [0.05, 0.1) is 11.3 Å². The Balaban J connectivity index is 1.69. The quantitative estimate of drug-likeness (QED) is 0.241. The molecule has 4 rings (SSSR count). The number of hydrogen-bond donors (Lipinski definition) is 0. The molecule has 0 atom stereocenters. The van der Waals surface area contributed by atoms with Gasteiger partial charge in [0.15, 0.2) is 5.13 Å². The average molecular weight is 499 g/mol. The van der Waals surface area contributed by atoms with E-state index in [-0.39, 0.29) is 11.7 Å². The van der Waals surface area contributed by atoms with Gasteiger partial charge < -0.3 is 0 Å². The van der Waals surface area contributed by atoms with Gasteiger partial charge in [-0.1, -0.05) is 43.7 Å². The zero-order chi connectivity index (χ0) is 25.0. The van der Waals surface area contributed by atoms with Crippen LogP contribution in [0.3, 0.4) is 0 Å². The van der Waals surface area contributed by atoms with E-state index in [2.05, 4.69) is 4.98 Å². The number of amides is 1. The van der Waals surface area contributed by atoms with Gasteiger partial charge >= 0.3 is 6.18 Å². The topological polar surface area (TPSA) is 33.2 Å². The summed E-state index contributed by atoms with van der Waals surface area (Å²) in [4.78, 5) is 20.0. The molecule has 1 heterocycles. The Bertz CT molecular complexity index is 1300. The number of alkyl halides is 3. The first-order chi connectivity index (χ1) is 16.8. The molecule has 0 aliphatic heterocycles. The fourth-order valence-electron chi connectivity index (χ4n) is 3.65. The molecule has 0 radical (unpaired) electrons. The van der Waals surface area contributed by atoms with Crippen LogP contribution in [0.4, 0.5) is 22.7 Å². The van der Waals surface area contributed by atoms with E-state index in [1.807, 2.05) is 12.3 Å². The molecule has 3 aromatic carbocycles. The fourth-order valence-corrected chi connectivity index (χ4v) is 4.51. The van der Waals surface area contributed by atoms with Crippen LogP contribution < -0.4 is 4.90 Å². The lowest BCUT2D eigenvalue weighted by molar-refractivity contribution is -0.137. The number of carbonyl (C=O) groups is 1. The average Bonchev–Trinajstić information content (AvgIpc) is 3.34. The fraction of sp³-hybridized carbons (Fsp3) is 0.185. The zero-order valence-corrected chi connectivity index (χ0v) is 19.7. The Morgan fingerprint density at radius 3 is 2.26 bits per heavy atom. The Morgan fingerprint density at radius 2 is 1.60 bits per heavy atom. The molecule has 0 aliphatic carbocycles. The molecule has 180 valence electrons. The van der Waals surface area contributed by atoms with Crippen molar-refractivity contribution in [1.29, 1.82) is 0 Å². The second-order valence-corrected chi connectivity index (χ2v) is 8.79.